The zero-order valence-electron chi connectivity index (χ0n) is 23.6. The third-order valence-corrected chi connectivity index (χ3v) is 8.32. The lowest BCUT2D eigenvalue weighted by molar-refractivity contribution is -0.750. The van der Waals surface area contributed by atoms with Gasteiger partial charge in [0.1, 0.15) is 21.9 Å². The predicted octanol–water partition coefficient (Wildman–Crippen LogP) is 2.40. The minimum absolute atomic E-state index is 0.0368. The number of piperidine rings is 1. The molecule has 1 aromatic carbocycles. The van der Waals surface area contributed by atoms with Crippen LogP contribution in [-0.2, 0) is 20.8 Å². The van der Waals surface area contributed by atoms with Crippen molar-refractivity contribution in [2.24, 2.45) is 21.7 Å². The van der Waals surface area contributed by atoms with Crippen molar-refractivity contribution >= 4 is 39.5 Å². The number of fused-ring (bicyclic) bond motifs is 1. The summed E-state index contributed by atoms with van der Waals surface area (Å²) in [6.07, 6.45) is 3.64. The molecule has 2 atom stereocenters. The molecule has 1 aromatic heterocycles. The number of hydrogen-bond acceptors (Lipinski definition) is 9. The van der Waals surface area contributed by atoms with Gasteiger partial charge in [0, 0.05) is 37.7 Å². The Labute approximate surface area is 251 Å². The van der Waals surface area contributed by atoms with Gasteiger partial charge in [0.15, 0.2) is 0 Å². The summed E-state index contributed by atoms with van der Waals surface area (Å²) in [4.78, 5) is 40.4. The molecular formula is C28H30F3N8O4S+. The largest absolute Gasteiger partial charge is 0.416 e. The average Bonchev–Trinajstić information content (AvgIpc) is 3.29. The number of quaternary nitrogens is 1. The third-order valence-electron chi connectivity index (χ3n) is 7.37. The summed E-state index contributed by atoms with van der Waals surface area (Å²) in [7, 11) is -3.21. The molecule has 2 amide bonds. The number of alkyl halides is 3. The number of nitrogens with one attached hydrogen (secondary N) is 2. The number of aliphatic imine (C=N–C) groups is 2. The number of carbonyl (C=O) groups is 2. The molecule has 1 fully saturated rings. The van der Waals surface area contributed by atoms with Crippen LogP contribution in [0.25, 0.3) is 0 Å². The number of benzene rings is 1. The van der Waals surface area contributed by atoms with Crippen LogP contribution >= 0.6 is 0 Å². The number of allylic oxidation sites excluding steroid dienone is 1. The molecule has 3 aliphatic rings. The number of pyridine rings is 1. The van der Waals surface area contributed by atoms with Crippen molar-refractivity contribution in [3.63, 3.8) is 0 Å². The number of rotatable bonds is 8. The van der Waals surface area contributed by atoms with Crippen LogP contribution in [0.4, 0.5) is 19.0 Å². The van der Waals surface area contributed by atoms with Gasteiger partial charge in [-0.15, -0.1) is 4.59 Å². The Hall–Kier alpha value is -4.41. The van der Waals surface area contributed by atoms with Gasteiger partial charge >= 0.3 is 6.18 Å². The van der Waals surface area contributed by atoms with Crippen molar-refractivity contribution in [1.82, 2.24) is 15.2 Å². The lowest BCUT2D eigenvalue weighted by Crippen LogP contribution is -2.53. The first kappa shape index (κ1) is 31.0. The lowest BCUT2D eigenvalue weighted by atomic mass is 9.97. The fourth-order valence-corrected chi connectivity index (χ4v) is 5.59. The zero-order valence-corrected chi connectivity index (χ0v) is 24.4. The summed E-state index contributed by atoms with van der Waals surface area (Å²) in [6.45, 7) is 0.999. The molecule has 4 heterocycles. The van der Waals surface area contributed by atoms with Crippen LogP contribution in [0.1, 0.15) is 34.3 Å². The second kappa shape index (κ2) is 11.9. The molecule has 2 aromatic rings. The SMILES string of the molecule is CS(=O)(=O)CCNC(=O)C1CCCN(C2=C3C=NC=C[N+]3(N)C(c3ccc(C(=O)Nc4cc(C(F)(F)F)ccn4)cc3)=N2)C1. The number of amides is 2. The Morgan fingerprint density at radius 3 is 2.64 bits per heavy atom. The summed E-state index contributed by atoms with van der Waals surface area (Å²) >= 11 is 0. The number of aromatic nitrogens is 1. The second-order valence-corrected chi connectivity index (χ2v) is 12.9. The highest BCUT2D eigenvalue weighted by Crippen LogP contribution is 2.35. The van der Waals surface area contributed by atoms with Crippen LogP contribution in [0.15, 0.2) is 76.5 Å². The molecule has 3 aliphatic heterocycles. The molecule has 4 N–H and O–H groups in total. The minimum atomic E-state index is -4.58. The van der Waals surface area contributed by atoms with Crippen molar-refractivity contribution in [3.8, 4) is 0 Å². The molecule has 1 saturated heterocycles. The summed E-state index contributed by atoms with van der Waals surface area (Å²) in [5, 5.41) is 5.09. The zero-order chi connectivity index (χ0) is 31.7. The smallest absolute Gasteiger partial charge is 0.355 e. The first-order valence-corrected chi connectivity index (χ1v) is 15.7. The summed E-state index contributed by atoms with van der Waals surface area (Å²) < 4.78 is 61.6. The van der Waals surface area contributed by atoms with E-state index in [2.05, 4.69) is 20.6 Å². The highest BCUT2D eigenvalue weighted by atomic mass is 32.2. The van der Waals surface area contributed by atoms with E-state index < -0.39 is 27.5 Å². The van der Waals surface area contributed by atoms with Crippen molar-refractivity contribution < 1.29 is 35.8 Å². The fourth-order valence-electron chi connectivity index (χ4n) is 5.11. The highest BCUT2D eigenvalue weighted by molar-refractivity contribution is 7.90. The Kier molecular flexibility index (Phi) is 8.42. The molecule has 5 rings (SSSR count). The standard InChI is InChI=1S/C28H29F3N8O4S/c1-44(42,43)14-11-35-26(40)20-3-2-12-38(17-20)24-22-16-33-10-13-39(22,32)25(37-24)18-4-6-19(7-5-18)27(41)36-23-15-21(8-9-34-23)28(29,30)31/h4-10,13,15-16,20H,2-3,11-12,14,17,32H2,1H3,(H-,34,35,36,40,41)/p+1. The second-order valence-electron chi connectivity index (χ2n) is 10.7. The lowest BCUT2D eigenvalue weighted by Gasteiger charge is -2.33. The van der Waals surface area contributed by atoms with Crippen LogP contribution in [0, 0.1) is 5.92 Å². The number of amidine groups is 1. The molecule has 0 spiro atoms. The molecule has 0 radical (unpaired) electrons. The normalized spacial score (nSPS) is 21.6. The molecule has 16 heteroatoms. The van der Waals surface area contributed by atoms with Crippen LogP contribution in [0.5, 0.6) is 0 Å². The van der Waals surface area contributed by atoms with E-state index in [1.54, 1.807) is 30.7 Å². The van der Waals surface area contributed by atoms with E-state index in [-0.39, 0.29) is 40.1 Å². The van der Waals surface area contributed by atoms with Crippen LogP contribution in [0.2, 0.25) is 0 Å². The Morgan fingerprint density at radius 1 is 1.18 bits per heavy atom. The van der Waals surface area contributed by atoms with E-state index in [9.17, 15) is 31.2 Å². The maximum Gasteiger partial charge on any atom is 0.416 e. The number of halogens is 3. The third kappa shape index (κ3) is 6.71. The van der Waals surface area contributed by atoms with Crippen molar-refractivity contribution in [2.45, 2.75) is 19.0 Å². The Morgan fingerprint density at radius 2 is 1.93 bits per heavy atom. The van der Waals surface area contributed by atoms with E-state index in [1.165, 1.54) is 12.1 Å². The van der Waals surface area contributed by atoms with Crippen LogP contribution in [-0.4, -0.2) is 78.4 Å². The molecule has 12 nitrogen and oxygen atoms in total. The highest BCUT2D eigenvalue weighted by Gasteiger charge is 2.46. The predicted molar refractivity (Wildman–Crippen MR) is 156 cm³/mol. The maximum absolute atomic E-state index is 13.0. The van der Waals surface area contributed by atoms with Crippen molar-refractivity contribution in [1.29, 1.82) is 0 Å². The molecule has 232 valence electrons. The maximum atomic E-state index is 13.0. The molecule has 44 heavy (non-hydrogen) atoms. The van der Waals surface area contributed by atoms with Gasteiger partial charge in [0.25, 0.3) is 11.7 Å². The van der Waals surface area contributed by atoms with Crippen LogP contribution < -0.4 is 16.5 Å². The van der Waals surface area contributed by atoms with E-state index in [0.29, 0.717) is 48.8 Å². The molecule has 2 unspecified atom stereocenters. The number of carbonyl (C=O) groups excluding carboxylic acids is 2. The quantitative estimate of drug-likeness (QED) is 0.298. The summed E-state index contributed by atoms with van der Waals surface area (Å²) in [5.41, 5.74) is 0.415. The van der Waals surface area contributed by atoms with Crippen molar-refractivity contribution in [2.75, 3.05) is 37.0 Å². The van der Waals surface area contributed by atoms with E-state index >= 15 is 0 Å². The topological polar surface area (TPSA) is 159 Å². The first-order valence-electron chi connectivity index (χ1n) is 13.6. The Balaban J connectivity index is 1.33. The number of likely N-dealkylation sites (tertiary alicyclic amines) is 1. The molecule has 0 aliphatic carbocycles. The van der Waals surface area contributed by atoms with E-state index in [4.69, 9.17) is 10.8 Å². The molecule has 0 saturated carbocycles. The van der Waals surface area contributed by atoms with Gasteiger partial charge in [-0.2, -0.15) is 24.0 Å². The molecular weight excluding hydrogens is 601 g/mol. The number of sulfone groups is 1. The van der Waals surface area contributed by atoms with Gasteiger partial charge in [-0.1, -0.05) is 0 Å². The fraction of sp³-hybridized carbons (Fsp3) is 0.321. The number of nitrogens with zero attached hydrogens (tertiary/aromatic N) is 5. The van der Waals surface area contributed by atoms with Crippen LogP contribution in [0.3, 0.4) is 0 Å². The minimum Gasteiger partial charge on any atom is -0.355 e. The van der Waals surface area contributed by atoms with Crippen molar-refractivity contribution in [3.05, 3.63) is 83.2 Å². The van der Waals surface area contributed by atoms with E-state index in [1.807, 2.05) is 4.90 Å². The number of hydrogen-bond donors (Lipinski definition) is 3. The van der Waals surface area contributed by atoms with Gasteiger partial charge in [-0.25, -0.2) is 13.4 Å². The van der Waals surface area contributed by atoms with Gasteiger partial charge in [-0.05, 0) is 49.2 Å². The molecule has 0 bridgehead atoms. The van der Waals surface area contributed by atoms with E-state index in [0.717, 1.165) is 24.6 Å². The Bertz CT molecular complexity index is 1700. The van der Waals surface area contributed by atoms with Gasteiger partial charge in [0.05, 0.1) is 35.2 Å². The average molecular weight is 632 g/mol. The monoisotopic (exact) mass is 631 g/mol. The summed E-state index contributed by atoms with van der Waals surface area (Å²) in [5.74, 6) is 6.16. The number of nitrogens with two attached hydrogens (primary N) is 1. The van der Waals surface area contributed by atoms with Gasteiger partial charge < -0.3 is 15.5 Å². The number of anilines is 1. The first-order chi connectivity index (χ1) is 20.7. The van der Waals surface area contributed by atoms with Gasteiger partial charge in [0.2, 0.25) is 17.4 Å². The summed E-state index contributed by atoms with van der Waals surface area (Å²) in [6, 6.07) is 7.85. The van der Waals surface area contributed by atoms with Gasteiger partial charge in [-0.3, -0.25) is 14.6 Å².